The standard InChI is InChI=1S/C24H20F3N3O3/c25-24(26,27)17-10-12-18(13-11-17)28-20-9-5-4-8-19(20)22-29-30-23(33-22)21(31)15-32-14-16-6-2-1-3-7-16/h1-13,21,28,31H,14-15H2. The Bertz CT molecular complexity index is 1180. The van der Waals surface area contributed by atoms with Crippen molar-refractivity contribution in [1.29, 1.82) is 0 Å². The number of rotatable bonds is 8. The predicted molar refractivity (Wildman–Crippen MR) is 116 cm³/mol. The molecule has 0 spiro atoms. The van der Waals surface area contributed by atoms with Gasteiger partial charge in [-0.2, -0.15) is 13.2 Å². The molecule has 0 aliphatic rings. The number of nitrogens with one attached hydrogen (secondary N) is 1. The lowest BCUT2D eigenvalue weighted by Gasteiger charge is -2.11. The minimum atomic E-state index is -4.40. The molecule has 0 bridgehead atoms. The van der Waals surface area contributed by atoms with Crippen molar-refractivity contribution in [1.82, 2.24) is 10.2 Å². The van der Waals surface area contributed by atoms with E-state index in [9.17, 15) is 18.3 Å². The van der Waals surface area contributed by atoms with Gasteiger partial charge in [-0.15, -0.1) is 10.2 Å². The monoisotopic (exact) mass is 455 g/mol. The Balaban J connectivity index is 1.44. The first-order valence-corrected chi connectivity index (χ1v) is 10.1. The van der Waals surface area contributed by atoms with Gasteiger partial charge in [-0.25, -0.2) is 0 Å². The van der Waals surface area contributed by atoms with Gasteiger partial charge in [0.15, 0.2) is 6.10 Å². The molecule has 6 nitrogen and oxygen atoms in total. The highest BCUT2D eigenvalue weighted by Crippen LogP contribution is 2.33. The molecule has 4 rings (SSSR count). The number of aliphatic hydroxyl groups is 1. The smallest absolute Gasteiger partial charge is 0.416 e. The van der Waals surface area contributed by atoms with Crippen molar-refractivity contribution in [3.8, 4) is 11.5 Å². The van der Waals surface area contributed by atoms with Crippen LogP contribution in [0.15, 0.2) is 83.3 Å². The lowest BCUT2D eigenvalue weighted by molar-refractivity contribution is -0.137. The van der Waals surface area contributed by atoms with Crippen molar-refractivity contribution >= 4 is 11.4 Å². The molecule has 1 unspecified atom stereocenters. The van der Waals surface area contributed by atoms with Gasteiger partial charge in [-0.1, -0.05) is 42.5 Å². The average Bonchev–Trinajstić information content (AvgIpc) is 3.30. The summed E-state index contributed by atoms with van der Waals surface area (Å²) in [5.74, 6) is 0.157. The van der Waals surface area contributed by atoms with Crippen molar-refractivity contribution in [3.63, 3.8) is 0 Å². The third-order valence-corrected chi connectivity index (χ3v) is 4.76. The normalized spacial score (nSPS) is 12.5. The maximum atomic E-state index is 12.8. The molecular weight excluding hydrogens is 435 g/mol. The molecule has 1 atom stereocenters. The number of hydrogen-bond donors (Lipinski definition) is 2. The molecule has 0 radical (unpaired) electrons. The first-order chi connectivity index (χ1) is 15.9. The van der Waals surface area contributed by atoms with Crippen LogP contribution in [0.1, 0.15) is 23.1 Å². The summed E-state index contributed by atoms with van der Waals surface area (Å²) >= 11 is 0. The minimum absolute atomic E-state index is 0.00222. The molecule has 1 heterocycles. The number of nitrogens with zero attached hydrogens (tertiary/aromatic N) is 2. The third-order valence-electron chi connectivity index (χ3n) is 4.76. The van der Waals surface area contributed by atoms with Gasteiger partial charge in [-0.05, 0) is 42.0 Å². The number of ether oxygens (including phenoxy) is 1. The lowest BCUT2D eigenvalue weighted by Crippen LogP contribution is -2.07. The van der Waals surface area contributed by atoms with Crippen molar-refractivity contribution in [2.75, 3.05) is 11.9 Å². The second-order valence-corrected chi connectivity index (χ2v) is 7.21. The van der Waals surface area contributed by atoms with Crippen molar-refractivity contribution in [3.05, 3.63) is 95.9 Å². The van der Waals surface area contributed by atoms with Crippen molar-refractivity contribution in [2.45, 2.75) is 18.9 Å². The van der Waals surface area contributed by atoms with Crippen LogP contribution in [0.5, 0.6) is 0 Å². The molecule has 0 saturated heterocycles. The van der Waals surface area contributed by atoms with Gasteiger partial charge in [0.05, 0.1) is 30.0 Å². The number of anilines is 2. The summed E-state index contributed by atoms with van der Waals surface area (Å²) in [4.78, 5) is 0. The zero-order valence-electron chi connectivity index (χ0n) is 17.3. The summed E-state index contributed by atoms with van der Waals surface area (Å²) in [5.41, 5.74) is 1.80. The molecular formula is C24H20F3N3O3. The molecule has 170 valence electrons. The summed E-state index contributed by atoms with van der Waals surface area (Å²) in [5, 5.41) is 21.3. The van der Waals surface area contributed by atoms with Gasteiger partial charge >= 0.3 is 6.18 Å². The van der Waals surface area contributed by atoms with Crippen molar-refractivity contribution in [2.24, 2.45) is 0 Å². The molecule has 9 heteroatoms. The fourth-order valence-electron chi connectivity index (χ4n) is 3.09. The molecule has 3 aromatic carbocycles. The Morgan fingerprint density at radius 3 is 2.33 bits per heavy atom. The second kappa shape index (κ2) is 9.85. The van der Waals surface area contributed by atoms with Crippen LogP contribution in [-0.4, -0.2) is 21.9 Å². The number of hydrogen-bond acceptors (Lipinski definition) is 6. The van der Waals surface area contributed by atoms with Crippen LogP contribution in [-0.2, 0) is 17.5 Å². The van der Waals surface area contributed by atoms with Crippen LogP contribution >= 0.6 is 0 Å². The van der Waals surface area contributed by atoms with Crippen LogP contribution < -0.4 is 5.32 Å². The van der Waals surface area contributed by atoms with E-state index in [1.54, 1.807) is 24.3 Å². The maximum Gasteiger partial charge on any atom is 0.416 e. The number of benzene rings is 3. The highest BCUT2D eigenvalue weighted by Gasteiger charge is 2.30. The third kappa shape index (κ3) is 5.76. The molecule has 33 heavy (non-hydrogen) atoms. The molecule has 0 aliphatic heterocycles. The first-order valence-electron chi connectivity index (χ1n) is 10.1. The van der Waals surface area contributed by atoms with Crippen molar-refractivity contribution < 1.29 is 27.4 Å². The maximum absolute atomic E-state index is 12.8. The van der Waals surface area contributed by atoms with E-state index in [0.29, 0.717) is 23.5 Å². The van der Waals surface area contributed by atoms with E-state index in [1.165, 1.54) is 12.1 Å². The molecule has 2 N–H and O–H groups in total. The van der Waals surface area contributed by atoms with Crippen LogP contribution in [0.2, 0.25) is 0 Å². The predicted octanol–water partition coefficient (Wildman–Crippen LogP) is 5.75. The Labute approximate surface area is 187 Å². The summed E-state index contributed by atoms with van der Waals surface area (Å²) in [7, 11) is 0. The SMILES string of the molecule is OC(COCc1ccccc1)c1nnc(-c2ccccc2Nc2ccc(C(F)(F)F)cc2)o1. The fraction of sp³-hybridized carbons (Fsp3) is 0.167. The van der Waals surface area contributed by atoms with E-state index >= 15 is 0 Å². The molecule has 4 aromatic rings. The van der Waals surface area contributed by atoms with Crippen LogP contribution in [0, 0.1) is 0 Å². The average molecular weight is 455 g/mol. The number of halogens is 3. The molecule has 0 aliphatic carbocycles. The summed E-state index contributed by atoms with van der Waals surface area (Å²) in [6.45, 7) is 0.306. The van der Waals surface area contributed by atoms with Gasteiger partial charge in [0.2, 0.25) is 11.8 Å². The van der Waals surface area contributed by atoms with Crippen LogP contribution in [0.25, 0.3) is 11.5 Å². The molecule has 0 fully saturated rings. The Hall–Kier alpha value is -3.69. The lowest BCUT2D eigenvalue weighted by atomic mass is 10.1. The van der Waals surface area contributed by atoms with E-state index in [2.05, 4.69) is 15.5 Å². The van der Waals surface area contributed by atoms with E-state index in [-0.39, 0.29) is 18.4 Å². The van der Waals surface area contributed by atoms with Gasteiger partial charge in [0, 0.05) is 5.69 Å². The van der Waals surface area contributed by atoms with E-state index in [4.69, 9.17) is 9.15 Å². The molecule has 1 aromatic heterocycles. The zero-order chi connectivity index (χ0) is 23.3. The van der Waals surface area contributed by atoms with E-state index in [0.717, 1.165) is 17.7 Å². The molecule has 0 amide bonds. The van der Waals surface area contributed by atoms with Crippen LogP contribution in [0.4, 0.5) is 24.5 Å². The Morgan fingerprint density at radius 2 is 1.61 bits per heavy atom. The first kappa shape index (κ1) is 22.5. The zero-order valence-corrected chi connectivity index (χ0v) is 17.3. The van der Waals surface area contributed by atoms with Gasteiger partial charge in [0.1, 0.15) is 0 Å². The quantitative estimate of drug-likeness (QED) is 0.352. The van der Waals surface area contributed by atoms with Gasteiger partial charge in [-0.3, -0.25) is 0 Å². The number of aliphatic hydroxyl groups excluding tert-OH is 1. The largest absolute Gasteiger partial charge is 0.418 e. The van der Waals surface area contributed by atoms with E-state index < -0.39 is 17.8 Å². The number of alkyl halides is 3. The summed E-state index contributed by atoms with van der Waals surface area (Å²) < 4.78 is 49.5. The number of para-hydroxylation sites is 1. The summed E-state index contributed by atoms with van der Waals surface area (Å²) in [6.07, 6.45) is -5.51. The highest BCUT2D eigenvalue weighted by molar-refractivity contribution is 5.76. The van der Waals surface area contributed by atoms with Crippen LogP contribution in [0.3, 0.4) is 0 Å². The second-order valence-electron chi connectivity index (χ2n) is 7.21. The fourth-order valence-corrected chi connectivity index (χ4v) is 3.09. The Morgan fingerprint density at radius 1 is 0.909 bits per heavy atom. The minimum Gasteiger partial charge on any atom is -0.418 e. The van der Waals surface area contributed by atoms with E-state index in [1.807, 2.05) is 30.3 Å². The van der Waals surface area contributed by atoms with Gasteiger partial charge in [0.25, 0.3) is 0 Å². The Kier molecular flexibility index (Phi) is 6.71. The molecule has 0 saturated carbocycles. The number of aromatic nitrogens is 2. The topological polar surface area (TPSA) is 80.4 Å². The summed E-state index contributed by atoms with van der Waals surface area (Å²) in [6, 6.07) is 21.2. The highest BCUT2D eigenvalue weighted by atomic mass is 19.4. The van der Waals surface area contributed by atoms with Gasteiger partial charge < -0.3 is 19.6 Å².